The van der Waals surface area contributed by atoms with Crippen molar-refractivity contribution in [3.05, 3.63) is 63.1 Å². The van der Waals surface area contributed by atoms with Crippen molar-refractivity contribution in [2.45, 2.75) is 5.92 Å². The first-order valence-electron chi connectivity index (χ1n) is 7.17. The minimum absolute atomic E-state index is 0.377. The highest BCUT2D eigenvalue weighted by atomic mass is 35.5. The van der Waals surface area contributed by atoms with Gasteiger partial charge < -0.3 is 10.1 Å². The van der Waals surface area contributed by atoms with Gasteiger partial charge >= 0.3 is 0 Å². The van der Waals surface area contributed by atoms with Crippen molar-refractivity contribution < 1.29 is 4.74 Å². The molecule has 3 rings (SSSR count). The van der Waals surface area contributed by atoms with E-state index in [4.69, 9.17) is 39.5 Å². The first kappa shape index (κ1) is 15.9. The zero-order valence-electron chi connectivity index (χ0n) is 11.9. The van der Waals surface area contributed by atoms with E-state index in [-0.39, 0.29) is 0 Å². The summed E-state index contributed by atoms with van der Waals surface area (Å²) < 4.78 is 5.89. The fourth-order valence-corrected chi connectivity index (χ4v) is 3.21. The third-order valence-electron chi connectivity index (χ3n) is 3.99. The predicted octanol–water partition coefficient (Wildman–Crippen LogP) is 5.03. The van der Waals surface area contributed by atoms with Gasteiger partial charge in [-0.3, -0.25) is 0 Å². The zero-order chi connectivity index (χ0) is 15.5. The molecule has 0 bridgehead atoms. The summed E-state index contributed by atoms with van der Waals surface area (Å²) in [7, 11) is 0. The standard InChI is InChI=1S/C17H16Cl3NO/c18-13-2-4-14(5-3-13)22-10-12-8-21-9-15(12)11-1-6-16(19)17(20)7-11/h1-7,12,15,21H,8-10H2/t12-,15+/m0/s1. The Morgan fingerprint density at radius 1 is 0.955 bits per heavy atom. The number of benzene rings is 2. The van der Waals surface area contributed by atoms with Crippen LogP contribution in [0.4, 0.5) is 0 Å². The van der Waals surface area contributed by atoms with E-state index in [2.05, 4.69) is 5.32 Å². The molecule has 1 aliphatic heterocycles. The highest BCUT2D eigenvalue weighted by Gasteiger charge is 2.29. The maximum absolute atomic E-state index is 6.13. The Balaban J connectivity index is 1.67. The lowest BCUT2D eigenvalue weighted by molar-refractivity contribution is 0.248. The second kappa shape index (κ2) is 7.10. The summed E-state index contributed by atoms with van der Waals surface area (Å²) in [4.78, 5) is 0. The molecular formula is C17H16Cl3NO. The molecule has 5 heteroatoms. The van der Waals surface area contributed by atoms with Crippen LogP contribution in [0.25, 0.3) is 0 Å². The summed E-state index contributed by atoms with van der Waals surface area (Å²) >= 11 is 18.0. The molecule has 2 nitrogen and oxygen atoms in total. The van der Waals surface area contributed by atoms with Crippen LogP contribution in [-0.4, -0.2) is 19.7 Å². The molecule has 0 aromatic heterocycles. The highest BCUT2D eigenvalue weighted by Crippen LogP contribution is 2.32. The lowest BCUT2D eigenvalue weighted by atomic mass is 9.89. The van der Waals surface area contributed by atoms with E-state index in [1.165, 1.54) is 5.56 Å². The smallest absolute Gasteiger partial charge is 0.119 e. The molecule has 2 aromatic rings. The lowest BCUT2D eigenvalue weighted by Crippen LogP contribution is -2.19. The van der Waals surface area contributed by atoms with Gasteiger partial charge in [0.25, 0.3) is 0 Å². The SMILES string of the molecule is Clc1ccc(OC[C@@H]2CNC[C@@H]2c2ccc(Cl)c(Cl)c2)cc1. The van der Waals surface area contributed by atoms with Gasteiger partial charge in [0.15, 0.2) is 0 Å². The predicted molar refractivity (Wildman–Crippen MR) is 92.5 cm³/mol. The van der Waals surface area contributed by atoms with Gasteiger partial charge in [-0.25, -0.2) is 0 Å². The minimum atomic E-state index is 0.377. The van der Waals surface area contributed by atoms with Crippen molar-refractivity contribution in [1.82, 2.24) is 5.32 Å². The maximum Gasteiger partial charge on any atom is 0.119 e. The molecule has 0 unspecified atom stereocenters. The quantitative estimate of drug-likeness (QED) is 0.829. The maximum atomic E-state index is 6.13. The molecule has 116 valence electrons. The number of hydrogen-bond acceptors (Lipinski definition) is 2. The van der Waals surface area contributed by atoms with Crippen molar-refractivity contribution >= 4 is 34.8 Å². The molecule has 1 saturated heterocycles. The third-order valence-corrected chi connectivity index (χ3v) is 4.98. The Bertz CT molecular complexity index is 645. The second-order valence-electron chi connectivity index (χ2n) is 5.46. The van der Waals surface area contributed by atoms with Gasteiger partial charge in [-0.05, 0) is 42.0 Å². The fraction of sp³-hybridized carbons (Fsp3) is 0.294. The third kappa shape index (κ3) is 3.69. The van der Waals surface area contributed by atoms with E-state index >= 15 is 0 Å². The Hall–Kier alpha value is -0.930. The highest BCUT2D eigenvalue weighted by molar-refractivity contribution is 6.42. The number of ether oxygens (including phenoxy) is 1. The van der Waals surface area contributed by atoms with Crippen LogP contribution in [0.1, 0.15) is 11.5 Å². The minimum Gasteiger partial charge on any atom is -0.493 e. The van der Waals surface area contributed by atoms with Gasteiger partial charge in [-0.1, -0.05) is 40.9 Å². The first-order chi connectivity index (χ1) is 10.6. The average molecular weight is 357 g/mol. The van der Waals surface area contributed by atoms with Crippen LogP contribution < -0.4 is 10.1 Å². The van der Waals surface area contributed by atoms with Crippen LogP contribution in [0.2, 0.25) is 15.1 Å². The lowest BCUT2D eigenvalue weighted by Gasteiger charge is -2.20. The molecule has 0 spiro atoms. The molecule has 1 aliphatic rings. The van der Waals surface area contributed by atoms with Crippen LogP contribution in [-0.2, 0) is 0 Å². The summed E-state index contributed by atoms with van der Waals surface area (Å²) in [6.45, 7) is 2.50. The van der Waals surface area contributed by atoms with Crippen LogP contribution in [0, 0.1) is 5.92 Å². The molecule has 0 saturated carbocycles. The Morgan fingerprint density at radius 2 is 1.73 bits per heavy atom. The van der Waals surface area contributed by atoms with Gasteiger partial charge in [0.05, 0.1) is 16.7 Å². The van der Waals surface area contributed by atoms with Crippen molar-refractivity contribution in [3.63, 3.8) is 0 Å². The largest absolute Gasteiger partial charge is 0.493 e. The van der Waals surface area contributed by atoms with Crippen molar-refractivity contribution in [1.29, 1.82) is 0 Å². The van der Waals surface area contributed by atoms with Crippen molar-refractivity contribution in [3.8, 4) is 5.75 Å². The van der Waals surface area contributed by atoms with Gasteiger partial charge in [-0.2, -0.15) is 0 Å². The van der Waals surface area contributed by atoms with Gasteiger partial charge in [0.2, 0.25) is 0 Å². The molecule has 1 N–H and O–H groups in total. The average Bonchev–Trinajstić information content (AvgIpc) is 2.98. The van der Waals surface area contributed by atoms with Gasteiger partial charge in [0, 0.05) is 29.9 Å². The van der Waals surface area contributed by atoms with E-state index < -0.39 is 0 Å². The molecule has 0 amide bonds. The van der Waals surface area contributed by atoms with E-state index in [9.17, 15) is 0 Å². The van der Waals surface area contributed by atoms with Gasteiger partial charge in [0.1, 0.15) is 5.75 Å². The summed E-state index contributed by atoms with van der Waals surface area (Å²) in [6, 6.07) is 13.3. The molecule has 22 heavy (non-hydrogen) atoms. The van der Waals surface area contributed by atoms with E-state index in [0.717, 1.165) is 18.8 Å². The molecule has 1 heterocycles. The Morgan fingerprint density at radius 3 is 2.45 bits per heavy atom. The van der Waals surface area contributed by atoms with Crippen LogP contribution in [0.5, 0.6) is 5.75 Å². The molecule has 2 aromatic carbocycles. The summed E-state index contributed by atoms with van der Waals surface area (Å²) in [5, 5.41) is 5.32. The fourth-order valence-electron chi connectivity index (χ4n) is 2.78. The number of hydrogen-bond donors (Lipinski definition) is 1. The Labute approximate surface area is 145 Å². The van der Waals surface area contributed by atoms with Crippen molar-refractivity contribution in [2.24, 2.45) is 5.92 Å². The van der Waals surface area contributed by atoms with E-state index in [1.807, 2.05) is 42.5 Å². The summed E-state index contributed by atoms with van der Waals surface area (Å²) in [5.74, 6) is 1.61. The number of nitrogens with one attached hydrogen (secondary N) is 1. The van der Waals surface area contributed by atoms with Gasteiger partial charge in [-0.15, -0.1) is 0 Å². The zero-order valence-corrected chi connectivity index (χ0v) is 14.1. The van der Waals surface area contributed by atoms with Crippen LogP contribution >= 0.6 is 34.8 Å². The second-order valence-corrected chi connectivity index (χ2v) is 6.71. The van der Waals surface area contributed by atoms with E-state index in [0.29, 0.717) is 33.5 Å². The first-order valence-corrected chi connectivity index (χ1v) is 8.31. The molecule has 2 atom stereocenters. The van der Waals surface area contributed by atoms with E-state index in [1.54, 1.807) is 0 Å². The summed E-state index contributed by atoms with van der Waals surface area (Å²) in [5.41, 5.74) is 1.20. The normalized spacial score (nSPS) is 21.0. The molecule has 0 aliphatic carbocycles. The summed E-state index contributed by atoms with van der Waals surface area (Å²) in [6.07, 6.45) is 0. The monoisotopic (exact) mass is 355 g/mol. The molecule has 1 fully saturated rings. The van der Waals surface area contributed by atoms with Crippen LogP contribution in [0.3, 0.4) is 0 Å². The van der Waals surface area contributed by atoms with Crippen LogP contribution in [0.15, 0.2) is 42.5 Å². The topological polar surface area (TPSA) is 21.3 Å². The van der Waals surface area contributed by atoms with Crippen molar-refractivity contribution in [2.75, 3.05) is 19.7 Å². The Kier molecular flexibility index (Phi) is 5.14. The number of rotatable bonds is 4. The number of halogens is 3. The molecular weight excluding hydrogens is 341 g/mol. The molecule has 0 radical (unpaired) electrons.